The number of hydrogen-bond donors (Lipinski definition) is 0. The van der Waals surface area contributed by atoms with Gasteiger partial charge in [0.25, 0.3) is 0 Å². The number of rotatable bonds is 4. The van der Waals surface area contributed by atoms with Gasteiger partial charge >= 0.3 is 0 Å². The van der Waals surface area contributed by atoms with E-state index in [4.69, 9.17) is 0 Å². The zero-order chi connectivity index (χ0) is 30.0. The van der Waals surface area contributed by atoms with E-state index in [1.807, 2.05) is 11.8 Å². The number of thioether (sulfide) groups is 1. The lowest BCUT2D eigenvalue weighted by atomic mass is 9.76. The third-order valence-corrected chi connectivity index (χ3v) is 12.6. The minimum atomic E-state index is -0.833. The molecule has 0 aliphatic heterocycles. The lowest BCUT2D eigenvalue weighted by Crippen LogP contribution is -2.11. The molecule has 5 aromatic carbocycles. The fourth-order valence-corrected chi connectivity index (χ4v) is 9.45. The first-order chi connectivity index (χ1) is 21.4. The molecule has 0 atom stereocenters. The molecule has 3 aliphatic carbocycles. The highest BCUT2D eigenvalue weighted by Crippen LogP contribution is 2.54. The van der Waals surface area contributed by atoms with Crippen LogP contribution in [-0.4, -0.2) is 25.0 Å². The zero-order valence-electron chi connectivity index (χ0n) is 26.3. The van der Waals surface area contributed by atoms with Crippen molar-refractivity contribution in [2.24, 2.45) is 0 Å². The summed E-state index contributed by atoms with van der Waals surface area (Å²) in [5, 5.41) is 5.38. The maximum Gasteiger partial charge on any atom is 0.00757 e. The highest BCUT2D eigenvalue weighted by Gasteiger charge is 2.29. The van der Waals surface area contributed by atoms with Crippen LogP contribution in [0, 0.1) is 0 Å². The molecular weight excluding hydrogens is 569 g/mol. The minimum absolute atomic E-state index is 0.833. The highest BCUT2D eigenvalue weighted by molar-refractivity contribution is 8.35. The van der Waals surface area contributed by atoms with Crippen LogP contribution < -0.4 is 0 Å². The second kappa shape index (κ2) is 10.9. The molecule has 0 aromatic heterocycles. The van der Waals surface area contributed by atoms with Gasteiger partial charge in [-0.2, -0.15) is 0 Å². The van der Waals surface area contributed by atoms with Gasteiger partial charge in [0.15, 0.2) is 0 Å². The summed E-state index contributed by atoms with van der Waals surface area (Å²) in [7, 11) is -0.833. The number of allylic oxidation sites excluding steroid dienone is 3. The molecule has 2 heteroatoms. The predicted molar refractivity (Wildman–Crippen MR) is 200 cm³/mol. The fourth-order valence-electron chi connectivity index (χ4n) is 7.83. The van der Waals surface area contributed by atoms with E-state index in [1.54, 1.807) is 16.0 Å². The maximum absolute atomic E-state index is 2.62. The smallest absolute Gasteiger partial charge is 0.00757 e. The van der Waals surface area contributed by atoms with Crippen LogP contribution in [0.1, 0.15) is 52.6 Å². The van der Waals surface area contributed by atoms with Crippen molar-refractivity contribution in [2.75, 3.05) is 25.0 Å². The normalized spacial score (nSPS) is 16.0. The van der Waals surface area contributed by atoms with E-state index >= 15 is 0 Å². The lowest BCUT2D eigenvalue weighted by molar-refractivity contribution is 0.906. The van der Waals surface area contributed by atoms with Gasteiger partial charge in [0.2, 0.25) is 0 Å². The lowest BCUT2D eigenvalue weighted by Gasteiger charge is -2.35. The van der Waals surface area contributed by atoms with Crippen molar-refractivity contribution in [2.45, 2.75) is 43.4 Å². The first kappa shape index (κ1) is 28.0. The van der Waals surface area contributed by atoms with Gasteiger partial charge in [0.1, 0.15) is 0 Å². The first-order valence-corrected chi connectivity index (χ1v) is 20.1. The molecule has 0 heterocycles. The second-order valence-corrected chi connectivity index (χ2v) is 18.4. The molecule has 0 radical (unpaired) electrons. The molecule has 0 N–H and O–H groups in total. The topological polar surface area (TPSA) is 0 Å². The van der Waals surface area contributed by atoms with Crippen LogP contribution in [0.25, 0.3) is 62.0 Å². The van der Waals surface area contributed by atoms with Crippen molar-refractivity contribution >= 4 is 61.6 Å². The molecular formula is C42H40S2. The van der Waals surface area contributed by atoms with E-state index in [2.05, 4.69) is 122 Å². The van der Waals surface area contributed by atoms with E-state index < -0.39 is 10.0 Å². The summed E-state index contributed by atoms with van der Waals surface area (Å²) in [6.07, 6.45) is 28.7. The minimum Gasteiger partial charge on any atom is -0.227 e. The van der Waals surface area contributed by atoms with Crippen LogP contribution >= 0.6 is 21.8 Å². The summed E-state index contributed by atoms with van der Waals surface area (Å²) < 4.78 is 0. The maximum atomic E-state index is 2.62. The van der Waals surface area contributed by atoms with Gasteiger partial charge in [0, 0.05) is 4.90 Å². The average Bonchev–Trinajstić information content (AvgIpc) is 3.05. The van der Waals surface area contributed by atoms with Crippen LogP contribution in [0.5, 0.6) is 0 Å². The SMILES string of the molecule is CSc1ccc2c(-c3ccc4ccccc4c3)c3c(c(-c4cc5c(c6c4C=CCC6)CCC=C5)c2c1)CCC(S(C)(C)C)=C3. The largest absolute Gasteiger partial charge is 0.227 e. The van der Waals surface area contributed by atoms with E-state index in [0.29, 0.717) is 0 Å². The Morgan fingerprint density at radius 2 is 1.43 bits per heavy atom. The third-order valence-electron chi connectivity index (χ3n) is 10.0. The Hall–Kier alpha value is -3.46. The Morgan fingerprint density at radius 1 is 0.636 bits per heavy atom. The van der Waals surface area contributed by atoms with Gasteiger partial charge in [-0.1, -0.05) is 66.8 Å². The molecule has 44 heavy (non-hydrogen) atoms. The second-order valence-electron chi connectivity index (χ2n) is 13.3. The van der Waals surface area contributed by atoms with Gasteiger partial charge in [-0.25, -0.2) is 10.0 Å². The summed E-state index contributed by atoms with van der Waals surface area (Å²) in [5.74, 6) is 0. The molecule has 5 aromatic rings. The molecule has 8 rings (SSSR count). The summed E-state index contributed by atoms with van der Waals surface area (Å²) in [4.78, 5) is 2.96. The number of fused-ring (bicyclic) bond motifs is 6. The monoisotopic (exact) mass is 608 g/mol. The van der Waals surface area contributed by atoms with E-state index in [-0.39, 0.29) is 0 Å². The molecule has 0 bridgehead atoms. The fraction of sp³-hybridized carbons (Fsp3) is 0.238. The van der Waals surface area contributed by atoms with Crippen molar-refractivity contribution < 1.29 is 0 Å². The molecule has 0 amide bonds. The molecule has 3 aliphatic rings. The quantitative estimate of drug-likeness (QED) is 0.183. The van der Waals surface area contributed by atoms with E-state index in [0.717, 1.165) is 32.1 Å². The van der Waals surface area contributed by atoms with Gasteiger partial charge in [-0.3, -0.25) is 0 Å². The van der Waals surface area contributed by atoms with Crippen molar-refractivity contribution in [3.63, 3.8) is 0 Å². The van der Waals surface area contributed by atoms with Crippen LogP contribution in [0.15, 0.2) is 88.7 Å². The summed E-state index contributed by atoms with van der Waals surface area (Å²) in [5.41, 5.74) is 14.7. The molecule has 0 unspecified atom stereocenters. The van der Waals surface area contributed by atoms with Crippen LogP contribution in [-0.2, 0) is 19.3 Å². The molecule has 0 saturated carbocycles. The average molecular weight is 609 g/mol. The van der Waals surface area contributed by atoms with Crippen LogP contribution in [0.2, 0.25) is 0 Å². The number of hydrogen-bond acceptors (Lipinski definition) is 1. The van der Waals surface area contributed by atoms with Crippen molar-refractivity contribution in [1.82, 2.24) is 0 Å². The van der Waals surface area contributed by atoms with Gasteiger partial charge in [-0.05, 0) is 176 Å². The van der Waals surface area contributed by atoms with Crippen molar-refractivity contribution in [3.05, 3.63) is 117 Å². The Morgan fingerprint density at radius 3 is 2.25 bits per heavy atom. The highest BCUT2D eigenvalue weighted by atomic mass is 32.3. The molecule has 220 valence electrons. The molecule has 0 spiro atoms. The summed E-state index contributed by atoms with van der Waals surface area (Å²) >= 11 is 1.85. The Bertz CT molecular complexity index is 2080. The Kier molecular flexibility index (Phi) is 6.92. The Labute approximate surface area is 268 Å². The van der Waals surface area contributed by atoms with Gasteiger partial charge in [0.05, 0.1) is 0 Å². The van der Waals surface area contributed by atoms with Gasteiger partial charge < -0.3 is 0 Å². The summed E-state index contributed by atoms with van der Waals surface area (Å²) in [6, 6.07) is 25.7. The van der Waals surface area contributed by atoms with Crippen LogP contribution in [0.4, 0.5) is 0 Å². The molecule has 0 saturated heterocycles. The molecule has 0 nitrogen and oxygen atoms in total. The van der Waals surface area contributed by atoms with Gasteiger partial charge in [-0.15, -0.1) is 11.8 Å². The third kappa shape index (κ3) is 4.61. The van der Waals surface area contributed by atoms with Crippen molar-refractivity contribution in [1.29, 1.82) is 0 Å². The Balaban J connectivity index is 1.53. The molecule has 0 fully saturated rings. The number of benzene rings is 5. The first-order valence-electron chi connectivity index (χ1n) is 16.0. The van der Waals surface area contributed by atoms with E-state index in [9.17, 15) is 0 Å². The zero-order valence-corrected chi connectivity index (χ0v) is 27.9. The van der Waals surface area contributed by atoms with Crippen molar-refractivity contribution in [3.8, 4) is 22.3 Å². The predicted octanol–water partition coefficient (Wildman–Crippen LogP) is 11.9. The van der Waals surface area contributed by atoms with E-state index in [1.165, 1.54) is 77.4 Å². The van der Waals surface area contributed by atoms with Crippen LogP contribution in [0.3, 0.4) is 0 Å². The standard InChI is InChI=1S/C42H40S2/c1-43-31-19-21-36-39(25-31)42(38-24-29-13-7-8-14-33(29)34-15-9-10-16-35(34)38)37-22-20-32(44(2,3)4)26-40(37)41(36)30-18-17-27-11-5-6-12-28(27)23-30/h5-7,10-13,16-19,21,23-26H,8-9,14-15,20,22H2,1-4H3. The summed E-state index contributed by atoms with van der Waals surface area (Å²) in [6.45, 7) is 0.